The number of para-hydroxylation sites is 1. The van der Waals surface area contributed by atoms with Crippen LogP contribution in [0.2, 0.25) is 0 Å². The van der Waals surface area contributed by atoms with E-state index in [0.717, 1.165) is 27.9 Å². The van der Waals surface area contributed by atoms with Gasteiger partial charge >= 0.3 is 0 Å². The molecule has 3 aliphatic rings. The summed E-state index contributed by atoms with van der Waals surface area (Å²) in [6.07, 6.45) is 10.6. The van der Waals surface area contributed by atoms with Crippen LogP contribution in [-0.2, 0) is 16.1 Å². The Balaban J connectivity index is 1.48. The Morgan fingerprint density at radius 2 is 1.81 bits per heavy atom. The van der Waals surface area contributed by atoms with Gasteiger partial charge in [0, 0.05) is 29.2 Å². The van der Waals surface area contributed by atoms with Crippen LogP contribution in [0.15, 0.2) is 60.4 Å². The number of hydrogen-bond acceptors (Lipinski definition) is 3. The normalized spacial score (nSPS) is 29.5. The standard InChI is InChI=1S/C21H19N3O2/c1-2-9-23-12-15(16-5-3-4-6-17(16)23)11-22-24-20(25)18-13-7-8-14(10-13)19(18)21(24)26/h2-8,11-14,18-19H,1,9-10H2/b22-11-/t13-,14-,18-,19+/m0/s1. The molecule has 1 aromatic carbocycles. The number of allylic oxidation sites excluding steroid dienone is 3. The predicted octanol–water partition coefficient (Wildman–Crippen LogP) is 2.97. The minimum atomic E-state index is -0.211. The number of aromatic nitrogens is 1. The number of hydrogen-bond donors (Lipinski definition) is 0. The maximum atomic E-state index is 12.7. The van der Waals surface area contributed by atoms with Crippen LogP contribution >= 0.6 is 0 Å². The number of imide groups is 1. The maximum Gasteiger partial charge on any atom is 0.254 e. The SMILES string of the molecule is C=CCn1cc(/C=N\N2C(=O)[C@@H]3[C@H](C2=O)[C@H]2C=C[C@H]3C2)c2ccccc21. The van der Waals surface area contributed by atoms with Crippen LogP contribution < -0.4 is 0 Å². The number of fused-ring (bicyclic) bond motifs is 6. The fourth-order valence-corrected chi connectivity index (χ4v) is 4.79. The summed E-state index contributed by atoms with van der Waals surface area (Å²) in [6, 6.07) is 8.01. The molecule has 2 heterocycles. The van der Waals surface area contributed by atoms with E-state index < -0.39 is 0 Å². The van der Waals surface area contributed by atoms with Crippen molar-refractivity contribution in [1.82, 2.24) is 9.58 Å². The van der Waals surface area contributed by atoms with E-state index in [2.05, 4.69) is 28.4 Å². The third-order valence-electron chi connectivity index (χ3n) is 5.90. The first-order valence-electron chi connectivity index (χ1n) is 8.98. The van der Waals surface area contributed by atoms with Crippen LogP contribution in [-0.4, -0.2) is 27.6 Å². The molecule has 5 heteroatoms. The molecule has 1 aromatic heterocycles. The Labute approximate surface area is 151 Å². The van der Waals surface area contributed by atoms with Crippen molar-refractivity contribution in [3.63, 3.8) is 0 Å². The van der Waals surface area contributed by atoms with E-state index in [9.17, 15) is 9.59 Å². The summed E-state index contributed by atoms with van der Waals surface area (Å²) in [5.74, 6) is -0.313. The van der Waals surface area contributed by atoms with Gasteiger partial charge < -0.3 is 4.57 Å². The number of hydrazone groups is 1. The van der Waals surface area contributed by atoms with Crippen LogP contribution in [0.4, 0.5) is 0 Å². The zero-order valence-electron chi connectivity index (χ0n) is 14.3. The van der Waals surface area contributed by atoms with Crippen molar-refractivity contribution >= 4 is 28.9 Å². The Hall–Kier alpha value is -2.95. The lowest BCUT2D eigenvalue weighted by molar-refractivity contribution is -0.140. The molecule has 5 rings (SSSR count). The van der Waals surface area contributed by atoms with E-state index in [0.29, 0.717) is 6.54 Å². The van der Waals surface area contributed by atoms with E-state index in [4.69, 9.17) is 0 Å². The lowest BCUT2D eigenvalue weighted by Crippen LogP contribution is -2.28. The van der Waals surface area contributed by atoms with Gasteiger partial charge in [-0.1, -0.05) is 36.4 Å². The Morgan fingerprint density at radius 3 is 2.50 bits per heavy atom. The van der Waals surface area contributed by atoms with Gasteiger partial charge in [0.1, 0.15) is 0 Å². The van der Waals surface area contributed by atoms with Crippen molar-refractivity contribution < 1.29 is 9.59 Å². The van der Waals surface area contributed by atoms with Crippen LogP contribution in [0.5, 0.6) is 0 Å². The summed E-state index contributed by atoms with van der Waals surface area (Å²) in [6.45, 7) is 4.49. The second-order valence-corrected chi connectivity index (χ2v) is 7.28. The lowest BCUT2D eigenvalue weighted by Gasteiger charge is -2.13. The fraction of sp³-hybridized carbons (Fsp3) is 0.286. The number of amides is 2. The largest absolute Gasteiger partial charge is 0.343 e. The van der Waals surface area contributed by atoms with Gasteiger partial charge in [0.2, 0.25) is 0 Å². The van der Waals surface area contributed by atoms with Crippen molar-refractivity contribution in [3.05, 3.63) is 60.8 Å². The van der Waals surface area contributed by atoms with Gasteiger partial charge in [-0.15, -0.1) is 6.58 Å². The average molecular weight is 345 g/mol. The summed E-state index contributed by atoms with van der Waals surface area (Å²) < 4.78 is 2.08. The third-order valence-corrected chi connectivity index (χ3v) is 5.90. The molecule has 5 nitrogen and oxygen atoms in total. The number of carbonyl (C=O) groups is 2. The van der Waals surface area contributed by atoms with E-state index in [1.54, 1.807) is 6.21 Å². The molecule has 0 spiro atoms. The van der Waals surface area contributed by atoms with Crippen molar-refractivity contribution in [2.45, 2.75) is 13.0 Å². The van der Waals surface area contributed by atoms with Crippen LogP contribution in [0.3, 0.4) is 0 Å². The van der Waals surface area contributed by atoms with Gasteiger partial charge in [0.15, 0.2) is 0 Å². The van der Waals surface area contributed by atoms with Gasteiger partial charge in [-0.25, -0.2) is 0 Å². The zero-order valence-corrected chi connectivity index (χ0v) is 14.3. The molecule has 2 bridgehead atoms. The number of carbonyl (C=O) groups excluding carboxylic acids is 2. The quantitative estimate of drug-likeness (QED) is 0.486. The maximum absolute atomic E-state index is 12.7. The Morgan fingerprint density at radius 1 is 1.12 bits per heavy atom. The highest BCUT2D eigenvalue weighted by atomic mass is 16.2. The van der Waals surface area contributed by atoms with E-state index in [1.165, 1.54) is 0 Å². The van der Waals surface area contributed by atoms with Crippen LogP contribution in [0.25, 0.3) is 10.9 Å². The summed E-state index contributed by atoms with van der Waals surface area (Å²) in [7, 11) is 0. The van der Waals surface area contributed by atoms with Gasteiger partial charge in [-0.2, -0.15) is 10.1 Å². The molecule has 2 fully saturated rings. The first-order chi connectivity index (χ1) is 12.7. The van der Waals surface area contributed by atoms with Crippen molar-refractivity contribution in [2.75, 3.05) is 0 Å². The first-order valence-corrected chi connectivity index (χ1v) is 8.98. The summed E-state index contributed by atoms with van der Waals surface area (Å²) >= 11 is 0. The van der Waals surface area contributed by atoms with Crippen molar-refractivity contribution in [2.24, 2.45) is 28.8 Å². The number of benzene rings is 1. The number of nitrogens with zero attached hydrogens (tertiary/aromatic N) is 3. The molecular formula is C21H19N3O2. The topological polar surface area (TPSA) is 54.7 Å². The number of rotatable bonds is 4. The second-order valence-electron chi connectivity index (χ2n) is 7.28. The molecule has 2 aromatic rings. The molecule has 0 N–H and O–H groups in total. The fourth-order valence-electron chi connectivity index (χ4n) is 4.79. The lowest BCUT2D eigenvalue weighted by atomic mass is 9.85. The first kappa shape index (κ1) is 15.3. The Bertz CT molecular complexity index is 970. The second kappa shape index (κ2) is 5.53. The predicted molar refractivity (Wildman–Crippen MR) is 99.3 cm³/mol. The van der Waals surface area contributed by atoms with Gasteiger partial charge in [-0.05, 0) is 24.3 Å². The molecule has 1 saturated heterocycles. The highest BCUT2D eigenvalue weighted by molar-refractivity contribution is 6.07. The summed E-state index contributed by atoms with van der Waals surface area (Å²) in [4.78, 5) is 25.4. The molecule has 0 unspecified atom stereocenters. The van der Waals surface area contributed by atoms with Crippen molar-refractivity contribution in [3.8, 4) is 0 Å². The Kier molecular flexibility index (Phi) is 3.26. The molecule has 0 radical (unpaired) electrons. The monoisotopic (exact) mass is 345 g/mol. The van der Waals surface area contributed by atoms with E-state index >= 15 is 0 Å². The average Bonchev–Trinajstić information content (AvgIpc) is 3.39. The van der Waals surface area contributed by atoms with E-state index in [1.807, 2.05) is 36.5 Å². The smallest absolute Gasteiger partial charge is 0.254 e. The highest BCUT2D eigenvalue weighted by Gasteiger charge is 2.59. The minimum Gasteiger partial charge on any atom is -0.343 e. The van der Waals surface area contributed by atoms with Gasteiger partial charge in [-0.3, -0.25) is 9.59 Å². The minimum absolute atomic E-state index is 0.150. The van der Waals surface area contributed by atoms with Crippen LogP contribution in [0.1, 0.15) is 12.0 Å². The summed E-state index contributed by atoms with van der Waals surface area (Å²) in [5, 5.41) is 6.44. The molecule has 2 amide bonds. The third kappa shape index (κ3) is 2.00. The van der Waals surface area contributed by atoms with E-state index in [-0.39, 0.29) is 35.5 Å². The molecule has 26 heavy (non-hydrogen) atoms. The van der Waals surface area contributed by atoms with Crippen molar-refractivity contribution in [1.29, 1.82) is 0 Å². The zero-order chi connectivity index (χ0) is 17.8. The molecular weight excluding hydrogens is 326 g/mol. The van der Waals surface area contributed by atoms with Gasteiger partial charge in [0.05, 0.1) is 18.1 Å². The molecule has 4 atom stereocenters. The molecule has 2 aliphatic carbocycles. The van der Waals surface area contributed by atoms with Crippen LogP contribution in [0, 0.1) is 23.7 Å². The van der Waals surface area contributed by atoms with Gasteiger partial charge in [0.25, 0.3) is 11.8 Å². The summed E-state index contributed by atoms with van der Waals surface area (Å²) in [5.41, 5.74) is 1.97. The molecule has 1 saturated carbocycles. The highest BCUT2D eigenvalue weighted by Crippen LogP contribution is 2.52. The molecule has 130 valence electrons. The molecule has 1 aliphatic heterocycles.